The Balaban J connectivity index is 1.97. The van der Waals surface area contributed by atoms with Gasteiger partial charge in [0.25, 0.3) is 0 Å². The summed E-state index contributed by atoms with van der Waals surface area (Å²) in [6.07, 6.45) is 2.21. The lowest BCUT2D eigenvalue weighted by atomic mass is 9.83. The van der Waals surface area contributed by atoms with Crippen LogP contribution in [-0.2, 0) is 5.41 Å². The summed E-state index contributed by atoms with van der Waals surface area (Å²) < 4.78 is 14.1. The first-order valence-corrected chi connectivity index (χ1v) is 7.36. The van der Waals surface area contributed by atoms with E-state index in [2.05, 4.69) is 23.7 Å². The zero-order chi connectivity index (χ0) is 14.8. The molecule has 0 spiro atoms. The third-order valence-corrected chi connectivity index (χ3v) is 5.33. The fourth-order valence-corrected chi connectivity index (χ4v) is 4.02. The number of hydrogen-bond donors (Lipinski definition) is 0. The van der Waals surface area contributed by atoms with E-state index < -0.39 is 0 Å². The molecular formula is C18H17FN2. The molecule has 2 bridgehead atoms. The van der Waals surface area contributed by atoms with E-state index in [1.54, 1.807) is 12.1 Å². The Labute approximate surface area is 123 Å². The Kier molecular flexibility index (Phi) is 2.42. The van der Waals surface area contributed by atoms with Crippen molar-refractivity contribution in [2.45, 2.75) is 38.0 Å². The standard InChI is InChI=1S/C18H17FN2/c1-10-15-12-8-9-18(3,11(12)2)17(15)21-20-16(10)13-6-4-5-7-14(13)19/h4-7,12H,2,8-9H2,1,3H3/t12-,18+/m0/s1. The van der Waals surface area contributed by atoms with Gasteiger partial charge in [-0.05, 0) is 43.0 Å². The summed E-state index contributed by atoms with van der Waals surface area (Å²) in [7, 11) is 0. The molecule has 1 aromatic heterocycles. The molecule has 1 heterocycles. The van der Waals surface area contributed by atoms with Gasteiger partial charge in [0, 0.05) is 16.9 Å². The number of rotatable bonds is 1. The zero-order valence-electron chi connectivity index (χ0n) is 12.3. The second-order valence-corrected chi connectivity index (χ2v) is 6.36. The molecule has 2 nitrogen and oxygen atoms in total. The maximum atomic E-state index is 14.1. The summed E-state index contributed by atoms with van der Waals surface area (Å²) in [5.41, 5.74) is 5.76. The highest BCUT2D eigenvalue weighted by atomic mass is 19.1. The maximum absolute atomic E-state index is 14.1. The second-order valence-electron chi connectivity index (χ2n) is 6.36. The molecule has 0 saturated heterocycles. The molecule has 4 rings (SSSR count). The summed E-state index contributed by atoms with van der Waals surface area (Å²) in [5.74, 6) is 0.120. The lowest BCUT2D eigenvalue weighted by Crippen LogP contribution is -2.20. The smallest absolute Gasteiger partial charge is 0.132 e. The van der Waals surface area contributed by atoms with Crippen molar-refractivity contribution in [3.05, 3.63) is 59.1 Å². The van der Waals surface area contributed by atoms with E-state index in [9.17, 15) is 4.39 Å². The molecule has 3 heteroatoms. The summed E-state index contributed by atoms with van der Waals surface area (Å²) in [5, 5.41) is 8.81. The van der Waals surface area contributed by atoms with Crippen LogP contribution in [0.15, 0.2) is 36.4 Å². The minimum atomic E-state index is -0.247. The predicted molar refractivity (Wildman–Crippen MR) is 80.6 cm³/mol. The molecule has 2 aromatic rings. The van der Waals surface area contributed by atoms with Gasteiger partial charge in [0.2, 0.25) is 0 Å². The molecule has 1 fully saturated rings. The van der Waals surface area contributed by atoms with Crippen molar-refractivity contribution in [2.75, 3.05) is 0 Å². The van der Waals surface area contributed by atoms with Crippen molar-refractivity contribution < 1.29 is 4.39 Å². The predicted octanol–water partition coefficient (Wildman–Crippen LogP) is 4.30. The van der Waals surface area contributed by atoms with Crippen molar-refractivity contribution in [3.8, 4) is 11.3 Å². The molecule has 0 radical (unpaired) electrons. The molecule has 1 saturated carbocycles. The van der Waals surface area contributed by atoms with Gasteiger partial charge in [-0.1, -0.05) is 31.2 Å². The van der Waals surface area contributed by atoms with Gasteiger partial charge in [0.1, 0.15) is 5.82 Å². The fraction of sp³-hybridized carbons (Fsp3) is 0.333. The van der Waals surface area contributed by atoms with E-state index in [1.165, 1.54) is 17.2 Å². The number of aromatic nitrogens is 2. The van der Waals surface area contributed by atoms with Gasteiger partial charge in [0.05, 0.1) is 11.4 Å². The van der Waals surface area contributed by atoms with Crippen LogP contribution in [-0.4, -0.2) is 10.2 Å². The van der Waals surface area contributed by atoms with Crippen molar-refractivity contribution in [2.24, 2.45) is 0 Å². The first kappa shape index (κ1) is 12.7. The van der Waals surface area contributed by atoms with E-state index >= 15 is 0 Å². The van der Waals surface area contributed by atoms with Crippen molar-refractivity contribution in [1.82, 2.24) is 10.2 Å². The van der Waals surface area contributed by atoms with Crippen LogP contribution >= 0.6 is 0 Å². The number of hydrogen-bond acceptors (Lipinski definition) is 2. The number of halogens is 1. The highest BCUT2D eigenvalue weighted by molar-refractivity contribution is 5.68. The van der Waals surface area contributed by atoms with Crippen LogP contribution in [0.5, 0.6) is 0 Å². The third kappa shape index (κ3) is 1.46. The largest absolute Gasteiger partial charge is 0.206 e. The molecule has 21 heavy (non-hydrogen) atoms. The molecule has 0 amide bonds. The lowest BCUT2D eigenvalue weighted by Gasteiger charge is -2.23. The van der Waals surface area contributed by atoms with Crippen LogP contribution in [0.1, 0.15) is 42.5 Å². The maximum Gasteiger partial charge on any atom is 0.132 e. The van der Waals surface area contributed by atoms with Gasteiger partial charge in [-0.2, -0.15) is 5.10 Å². The summed E-state index contributed by atoms with van der Waals surface area (Å²) in [4.78, 5) is 0. The van der Waals surface area contributed by atoms with E-state index in [1.807, 2.05) is 13.0 Å². The second kappa shape index (κ2) is 4.00. The minimum Gasteiger partial charge on any atom is -0.206 e. The minimum absolute atomic E-state index is 0.0362. The average Bonchev–Trinajstić information content (AvgIpc) is 2.88. The number of allylic oxidation sites excluding steroid dienone is 1. The topological polar surface area (TPSA) is 25.8 Å². The van der Waals surface area contributed by atoms with Gasteiger partial charge in [-0.25, -0.2) is 4.39 Å². The van der Waals surface area contributed by atoms with Crippen LogP contribution < -0.4 is 0 Å². The molecule has 0 N–H and O–H groups in total. The highest BCUT2D eigenvalue weighted by Gasteiger charge is 2.51. The number of nitrogens with zero attached hydrogens (tertiary/aromatic N) is 2. The normalized spacial score (nSPS) is 26.2. The van der Waals surface area contributed by atoms with Gasteiger partial charge in [0.15, 0.2) is 0 Å². The monoisotopic (exact) mass is 280 g/mol. The van der Waals surface area contributed by atoms with Gasteiger partial charge in [-0.3, -0.25) is 0 Å². The van der Waals surface area contributed by atoms with E-state index in [0.29, 0.717) is 17.2 Å². The molecule has 0 aliphatic heterocycles. The van der Waals surface area contributed by atoms with E-state index in [4.69, 9.17) is 0 Å². The first-order chi connectivity index (χ1) is 10.0. The van der Waals surface area contributed by atoms with E-state index in [-0.39, 0.29) is 11.2 Å². The number of fused-ring (bicyclic) bond motifs is 5. The van der Waals surface area contributed by atoms with Crippen molar-refractivity contribution in [1.29, 1.82) is 0 Å². The SMILES string of the molecule is C=C1[C@@H]2CC[C@@]1(C)c1nnc(-c3ccccc3F)c(C)c12. The van der Waals surface area contributed by atoms with Crippen molar-refractivity contribution in [3.63, 3.8) is 0 Å². The average molecular weight is 280 g/mol. The molecular weight excluding hydrogens is 263 g/mol. The molecule has 2 atom stereocenters. The Morgan fingerprint density at radius 3 is 2.81 bits per heavy atom. The summed E-state index contributed by atoms with van der Waals surface area (Å²) in [6.45, 7) is 8.53. The van der Waals surface area contributed by atoms with Crippen LogP contribution in [0.25, 0.3) is 11.3 Å². The van der Waals surface area contributed by atoms with Crippen LogP contribution in [0, 0.1) is 12.7 Å². The van der Waals surface area contributed by atoms with Crippen LogP contribution in [0.3, 0.4) is 0 Å². The van der Waals surface area contributed by atoms with Crippen LogP contribution in [0.2, 0.25) is 0 Å². The molecule has 2 aliphatic carbocycles. The molecule has 2 aliphatic rings. The van der Waals surface area contributed by atoms with Gasteiger partial charge in [-0.15, -0.1) is 5.10 Å². The Hall–Kier alpha value is -2.03. The quantitative estimate of drug-likeness (QED) is 0.728. The Morgan fingerprint density at radius 2 is 2.05 bits per heavy atom. The zero-order valence-corrected chi connectivity index (χ0v) is 12.3. The van der Waals surface area contributed by atoms with Gasteiger partial charge < -0.3 is 0 Å². The van der Waals surface area contributed by atoms with Crippen LogP contribution in [0.4, 0.5) is 4.39 Å². The Bertz CT molecular complexity index is 781. The van der Waals surface area contributed by atoms with E-state index in [0.717, 1.165) is 24.1 Å². The van der Waals surface area contributed by atoms with Gasteiger partial charge >= 0.3 is 0 Å². The summed E-state index contributed by atoms with van der Waals surface area (Å²) in [6, 6.07) is 6.76. The first-order valence-electron chi connectivity index (χ1n) is 7.36. The highest BCUT2D eigenvalue weighted by Crippen LogP contribution is 2.60. The summed E-state index contributed by atoms with van der Waals surface area (Å²) >= 11 is 0. The Morgan fingerprint density at radius 1 is 1.29 bits per heavy atom. The number of benzene rings is 1. The molecule has 1 aromatic carbocycles. The molecule has 0 unspecified atom stereocenters. The molecule has 106 valence electrons. The lowest BCUT2D eigenvalue weighted by molar-refractivity contribution is 0.533. The third-order valence-electron chi connectivity index (χ3n) is 5.33. The fourth-order valence-electron chi connectivity index (χ4n) is 4.02. The van der Waals surface area contributed by atoms with Crippen molar-refractivity contribution >= 4 is 0 Å².